The summed E-state index contributed by atoms with van der Waals surface area (Å²) in [7, 11) is 0. The van der Waals surface area contributed by atoms with Crippen LogP contribution in [0.25, 0.3) is 0 Å². The summed E-state index contributed by atoms with van der Waals surface area (Å²) in [6, 6.07) is 0. The third kappa shape index (κ3) is 2.39. The predicted octanol–water partition coefficient (Wildman–Crippen LogP) is 2.75. The van der Waals surface area contributed by atoms with E-state index in [2.05, 4.69) is 17.7 Å². The van der Waals surface area contributed by atoms with Crippen LogP contribution in [0.5, 0.6) is 0 Å². The van der Waals surface area contributed by atoms with Crippen molar-refractivity contribution in [2.24, 2.45) is 5.92 Å². The van der Waals surface area contributed by atoms with Crippen LogP contribution in [0.4, 0.5) is 0 Å². The lowest BCUT2D eigenvalue weighted by Crippen LogP contribution is -2.17. The summed E-state index contributed by atoms with van der Waals surface area (Å²) < 4.78 is 7.79. The van der Waals surface area contributed by atoms with E-state index in [4.69, 9.17) is 9.72 Å². The summed E-state index contributed by atoms with van der Waals surface area (Å²) in [4.78, 5) is 4.85. The summed E-state index contributed by atoms with van der Waals surface area (Å²) in [6.45, 7) is 5.35. The second kappa shape index (κ2) is 4.81. The first kappa shape index (κ1) is 11.3. The van der Waals surface area contributed by atoms with Gasteiger partial charge in [-0.15, -0.1) is 0 Å². The second-order valence-electron chi connectivity index (χ2n) is 5.59. The maximum atomic E-state index is 5.41. The van der Waals surface area contributed by atoms with Gasteiger partial charge in [-0.05, 0) is 38.0 Å². The van der Waals surface area contributed by atoms with Crippen LogP contribution in [0.2, 0.25) is 0 Å². The number of nitrogens with zero attached hydrogens (tertiary/aromatic N) is 2. The zero-order valence-corrected chi connectivity index (χ0v) is 10.7. The van der Waals surface area contributed by atoms with Gasteiger partial charge in [0, 0.05) is 31.9 Å². The van der Waals surface area contributed by atoms with E-state index in [0.29, 0.717) is 5.92 Å². The van der Waals surface area contributed by atoms with Gasteiger partial charge in [0.2, 0.25) is 0 Å². The normalized spacial score (nSPS) is 25.8. The van der Waals surface area contributed by atoms with Gasteiger partial charge in [0.25, 0.3) is 0 Å². The summed E-state index contributed by atoms with van der Waals surface area (Å²) >= 11 is 0. The zero-order chi connectivity index (χ0) is 11.7. The molecule has 0 saturated carbocycles. The van der Waals surface area contributed by atoms with Gasteiger partial charge in [-0.2, -0.15) is 0 Å². The SMILES string of the molecule is CC1CCCn2cc(CC3CCOCC3)nc21. The van der Waals surface area contributed by atoms with Crippen molar-refractivity contribution in [3.05, 3.63) is 17.7 Å². The molecule has 0 aliphatic carbocycles. The smallest absolute Gasteiger partial charge is 0.111 e. The monoisotopic (exact) mass is 234 g/mol. The van der Waals surface area contributed by atoms with Crippen molar-refractivity contribution >= 4 is 0 Å². The number of fused-ring (bicyclic) bond motifs is 1. The molecular formula is C14H22N2O. The molecular weight excluding hydrogens is 212 g/mol. The number of aryl methyl sites for hydroxylation is 1. The van der Waals surface area contributed by atoms with Gasteiger partial charge in [0.15, 0.2) is 0 Å². The highest BCUT2D eigenvalue weighted by Crippen LogP contribution is 2.27. The average Bonchev–Trinajstić information content (AvgIpc) is 2.74. The number of imidazole rings is 1. The van der Waals surface area contributed by atoms with Gasteiger partial charge >= 0.3 is 0 Å². The molecule has 1 aromatic rings. The highest BCUT2D eigenvalue weighted by Gasteiger charge is 2.21. The van der Waals surface area contributed by atoms with Crippen molar-refractivity contribution in [3.8, 4) is 0 Å². The fourth-order valence-electron chi connectivity index (χ4n) is 3.10. The summed E-state index contributed by atoms with van der Waals surface area (Å²) in [5.74, 6) is 2.75. The standard InChI is InChI=1S/C14H22N2O/c1-11-3-2-6-16-10-13(15-14(11)16)9-12-4-7-17-8-5-12/h10-12H,2-9H2,1H3. The van der Waals surface area contributed by atoms with Gasteiger partial charge < -0.3 is 9.30 Å². The second-order valence-corrected chi connectivity index (χ2v) is 5.59. The molecule has 1 atom stereocenters. The van der Waals surface area contributed by atoms with E-state index in [9.17, 15) is 0 Å². The zero-order valence-electron chi connectivity index (χ0n) is 10.7. The molecule has 94 valence electrons. The lowest BCUT2D eigenvalue weighted by Gasteiger charge is -2.20. The number of rotatable bonds is 2. The van der Waals surface area contributed by atoms with E-state index in [1.54, 1.807) is 0 Å². The molecule has 2 aliphatic rings. The van der Waals surface area contributed by atoms with E-state index in [1.165, 1.54) is 43.7 Å². The minimum absolute atomic E-state index is 0.646. The van der Waals surface area contributed by atoms with Crippen LogP contribution >= 0.6 is 0 Å². The van der Waals surface area contributed by atoms with Crippen molar-refractivity contribution in [1.29, 1.82) is 0 Å². The van der Waals surface area contributed by atoms with Gasteiger partial charge in [-0.3, -0.25) is 0 Å². The Morgan fingerprint density at radius 1 is 1.35 bits per heavy atom. The topological polar surface area (TPSA) is 27.1 Å². The molecule has 0 aromatic carbocycles. The first-order valence-electron chi connectivity index (χ1n) is 6.96. The number of hydrogen-bond donors (Lipinski definition) is 0. The number of aromatic nitrogens is 2. The summed E-state index contributed by atoms with van der Waals surface area (Å²) in [5.41, 5.74) is 1.31. The minimum Gasteiger partial charge on any atom is -0.381 e. The highest BCUT2D eigenvalue weighted by molar-refractivity contribution is 5.10. The lowest BCUT2D eigenvalue weighted by molar-refractivity contribution is 0.0663. The summed E-state index contributed by atoms with van der Waals surface area (Å²) in [5, 5.41) is 0. The molecule has 0 amide bonds. The van der Waals surface area contributed by atoms with Crippen molar-refractivity contribution in [2.75, 3.05) is 13.2 Å². The largest absolute Gasteiger partial charge is 0.381 e. The molecule has 0 radical (unpaired) electrons. The van der Waals surface area contributed by atoms with Crippen LogP contribution in [0.1, 0.15) is 50.0 Å². The highest BCUT2D eigenvalue weighted by atomic mass is 16.5. The van der Waals surface area contributed by atoms with E-state index < -0.39 is 0 Å². The fraction of sp³-hybridized carbons (Fsp3) is 0.786. The van der Waals surface area contributed by atoms with Crippen molar-refractivity contribution in [1.82, 2.24) is 9.55 Å². The van der Waals surface area contributed by atoms with Crippen LogP contribution < -0.4 is 0 Å². The molecule has 3 heteroatoms. The third-order valence-electron chi connectivity index (χ3n) is 4.17. The maximum absolute atomic E-state index is 5.41. The molecule has 2 aliphatic heterocycles. The molecule has 17 heavy (non-hydrogen) atoms. The van der Waals surface area contributed by atoms with Crippen molar-refractivity contribution in [3.63, 3.8) is 0 Å². The van der Waals surface area contributed by atoms with Crippen LogP contribution in [-0.2, 0) is 17.7 Å². The molecule has 1 aromatic heterocycles. The van der Waals surface area contributed by atoms with Gasteiger partial charge in [-0.1, -0.05) is 6.92 Å². The molecule has 1 saturated heterocycles. The Hall–Kier alpha value is -0.830. The lowest BCUT2D eigenvalue weighted by atomic mass is 9.95. The molecule has 0 bridgehead atoms. The van der Waals surface area contributed by atoms with Gasteiger partial charge in [0.1, 0.15) is 5.82 Å². The number of hydrogen-bond acceptors (Lipinski definition) is 2. The minimum atomic E-state index is 0.646. The Bertz CT molecular complexity index is 380. The molecule has 0 spiro atoms. The van der Waals surface area contributed by atoms with E-state index in [1.807, 2.05) is 0 Å². The van der Waals surface area contributed by atoms with Gasteiger partial charge in [-0.25, -0.2) is 4.98 Å². The van der Waals surface area contributed by atoms with Crippen LogP contribution in [0.3, 0.4) is 0 Å². The molecule has 1 fully saturated rings. The molecule has 1 unspecified atom stereocenters. The quantitative estimate of drug-likeness (QED) is 0.786. The van der Waals surface area contributed by atoms with E-state index in [-0.39, 0.29) is 0 Å². The van der Waals surface area contributed by atoms with Crippen molar-refractivity contribution < 1.29 is 4.74 Å². The molecule has 3 heterocycles. The van der Waals surface area contributed by atoms with E-state index in [0.717, 1.165) is 25.6 Å². The average molecular weight is 234 g/mol. The van der Waals surface area contributed by atoms with Crippen LogP contribution in [-0.4, -0.2) is 22.8 Å². The van der Waals surface area contributed by atoms with Crippen LogP contribution in [0, 0.1) is 5.92 Å². The van der Waals surface area contributed by atoms with Gasteiger partial charge in [0.05, 0.1) is 5.69 Å². The molecule has 0 N–H and O–H groups in total. The molecule has 3 rings (SSSR count). The first-order chi connectivity index (χ1) is 8.33. The Labute approximate surface area is 103 Å². The van der Waals surface area contributed by atoms with Crippen molar-refractivity contribution in [2.45, 2.75) is 51.5 Å². The maximum Gasteiger partial charge on any atom is 0.111 e. The Morgan fingerprint density at radius 3 is 2.94 bits per heavy atom. The number of ether oxygens (including phenoxy) is 1. The Balaban J connectivity index is 1.71. The summed E-state index contributed by atoms with van der Waals surface area (Å²) in [6.07, 6.45) is 8.46. The fourth-order valence-corrected chi connectivity index (χ4v) is 3.10. The van der Waals surface area contributed by atoms with Crippen LogP contribution in [0.15, 0.2) is 6.20 Å². The predicted molar refractivity (Wildman–Crippen MR) is 67.1 cm³/mol. The molecule has 3 nitrogen and oxygen atoms in total. The Kier molecular flexibility index (Phi) is 3.19. The third-order valence-corrected chi connectivity index (χ3v) is 4.17. The Morgan fingerprint density at radius 2 is 2.18 bits per heavy atom. The van der Waals surface area contributed by atoms with E-state index >= 15 is 0 Å². The first-order valence-corrected chi connectivity index (χ1v) is 6.96.